The molecule has 0 atom stereocenters. The predicted octanol–water partition coefficient (Wildman–Crippen LogP) is 2.52. The number of nitrogens with two attached hydrogens (primary N) is 1. The number of benzene rings is 1. The van der Waals surface area contributed by atoms with Crippen LogP contribution in [0.5, 0.6) is 0 Å². The molecule has 0 saturated carbocycles. The first-order valence-electron chi connectivity index (χ1n) is 8.66. The number of carbonyl (C=O) groups is 2. The Kier molecular flexibility index (Phi) is 6.04. The third kappa shape index (κ3) is 3.95. The number of rotatable bonds is 5. The Bertz CT molecular complexity index is 882. The minimum atomic E-state index is -0.455. The van der Waals surface area contributed by atoms with Crippen LogP contribution in [0.25, 0.3) is 0 Å². The van der Waals surface area contributed by atoms with Crippen molar-refractivity contribution in [3.05, 3.63) is 50.8 Å². The van der Waals surface area contributed by atoms with Gasteiger partial charge in [-0.2, -0.15) is 5.10 Å². The number of aromatic nitrogens is 2. The third-order valence-electron chi connectivity index (χ3n) is 4.36. The number of hydrogen-bond donors (Lipinski definition) is 1. The van der Waals surface area contributed by atoms with E-state index in [2.05, 4.69) is 5.10 Å². The van der Waals surface area contributed by atoms with Gasteiger partial charge in [-0.1, -0.05) is 23.2 Å². The number of hydrogen-bond acceptors (Lipinski definition) is 5. The Morgan fingerprint density at radius 2 is 2.07 bits per heavy atom. The predicted molar refractivity (Wildman–Crippen MR) is 102 cm³/mol. The van der Waals surface area contributed by atoms with Crippen molar-refractivity contribution in [3.8, 4) is 0 Å². The van der Waals surface area contributed by atoms with Gasteiger partial charge in [-0.3, -0.25) is 9.48 Å². The molecule has 3 rings (SSSR count). The summed E-state index contributed by atoms with van der Waals surface area (Å²) >= 11 is 12.0. The highest BCUT2D eigenvalue weighted by Crippen LogP contribution is 2.27. The summed E-state index contributed by atoms with van der Waals surface area (Å²) in [5.41, 5.74) is 7.95. The zero-order valence-corrected chi connectivity index (χ0v) is 16.4. The molecule has 7 nitrogen and oxygen atoms in total. The molecule has 0 saturated heterocycles. The largest absolute Gasteiger partial charge is 0.461 e. The van der Waals surface area contributed by atoms with Crippen molar-refractivity contribution in [2.75, 3.05) is 19.7 Å². The third-order valence-corrected chi connectivity index (χ3v) is 5.10. The minimum absolute atomic E-state index is 0.180. The average Bonchev–Trinajstić information content (AvgIpc) is 3.01. The maximum Gasteiger partial charge on any atom is 0.356 e. The van der Waals surface area contributed by atoms with Gasteiger partial charge in [0.15, 0.2) is 5.69 Å². The average molecular weight is 411 g/mol. The zero-order valence-electron chi connectivity index (χ0n) is 14.9. The summed E-state index contributed by atoms with van der Waals surface area (Å²) in [7, 11) is 0. The van der Waals surface area contributed by atoms with E-state index in [1.165, 1.54) is 0 Å². The highest BCUT2D eigenvalue weighted by molar-refractivity contribution is 6.42. The van der Waals surface area contributed by atoms with Crippen molar-refractivity contribution < 1.29 is 14.3 Å². The Morgan fingerprint density at radius 3 is 2.74 bits per heavy atom. The van der Waals surface area contributed by atoms with Crippen LogP contribution in [0.15, 0.2) is 18.2 Å². The first-order chi connectivity index (χ1) is 13.0. The molecular weight excluding hydrogens is 391 g/mol. The normalized spacial score (nSPS) is 13.4. The second kappa shape index (κ2) is 8.29. The highest BCUT2D eigenvalue weighted by atomic mass is 35.5. The van der Waals surface area contributed by atoms with E-state index in [9.17, 15) is 9.59 Å². The van der Waals surface area contributed by atoms with Gasteiger partial charge in [0.05, 0.1) is 35.4 Å². The van der Waals surface area contributed by atoms with E-state index in [1.54, 1.807) is 34.7 Å². The van der Waals surface area contributed by atoms with Gasteiger partial charge in [0, 0.05) is 30.6 Å². The summed E-state index contributed by atoms with van der Waals surface area (Å²) in [5.74, 6) is -0.635. The quantitative estimate of drug-likeness (QED) is 0.764. The van der Waals surface area contributed by atoms with Crippen LogP contribution in [0.3, 0.4) is 0 Å². The molecule has 1 amide bonds. The van der Waals surface area contributed by atoms with E-state index in [-0.39, 0.29) is 19.1 Å². The molecule has 1 aromatic heterocycles. The van der Waals surface area contributed by atoms with E-state index < -0.39 is 5.97 Å². The highest BCUT2D eigenvalue weighted by Gasteiger charge is 2.31. The van der Waals surface area contributed by atoms with Crippen molar-refractivity contribution in [2.45, 2.75) is 26.4 Å². The molecule has 27 heavy (non-hydrogen) atoms. The molecule has 2 aromatic rings. The Balaban J connectivity index is 1.91. The first-order valence-corrected chi connectivity index (χ1v) is 9.41. The Hall–Kier alpha value is -2.09. The summed E-state index contributed by atoms with van der Waals surface area (Å²) in [4.78, 5) is 27.0. The number of esters is 1. The fourth-order valence-electron chi connectivity index (χ4n) is 3.12. The minimum Gasteiger partial charge on any atom is -0.461 e. The molecule has 144 valence electrons. The lowest BCUT2D eigenvalue weighted by Gasteiger charge is -2.27. The smallest absolute Gasteiger partial charge is 0.356 e. The summed E-state index contributed by atoms with van der Waals surface area (Å²) in [6.45, 7) is 3.52. The fourth-order valence-corrected chi connectivity index (χ4v) is 3.42. The standard InChI is InChI=1S/C18H20Cl2N4O3/c1-2-27-18(26)16-12-10-23(7-5-15(12)22-24(16)8-6-21)17(25)11-3-4-13(19)14(20)9-11/h3-4,9H,2,5-8,10,21H2,1H3. The molecule has 0 spiro atoms. The second-order valence-electron chi connectivity index (χ2n) is 6.11. The van der Waals surface area contributed by atoms with Gasteiger partial charge in [0.1, 0.15) is 0 Å². The second-order valence-corrected chi connectivity index (χ2v) is 6.93. The number of fused-ring (bicyclic) bond motifs is 1. The summed E-state index contributed by atoms with van der Waals surface area (Å²) in [6.07, 6.45) is 0.548. The van der Waals surface area contributed by atoms with E-state index in [4.69, 9.17) is 33.7 Å². The topological polar surface area (TPSA) is 90.4 Å². The molecule has 0 bridgehead atoms. The first kappa shape index (κ1) is 19.7. The van der Waals surface area contributed by atoms with Crippen LogP contribution < -0.4 is 5.73 Å². The number of ether oxygens (including phenoxy) is 1. The lowest BCUT2D eigenvalue weighted by molar-refractivity contribution is 0.0506. The van der Waals surface area contributed by atoms with Crippen molar-refractivity contribution in [1.82, 2.24) is 14.7 Å². The number of halogens is 2. The fraction of sp³-hybridized carbons (Fsp3) is 0.389. The van der Waals surface area contributed by atoms with Crippen molar-refractivity contribution in [3.63, 3.8) is 0 Å². The molecule has 9 heteroatoms. The van der Waals surface area contributed by atoms with E-state index in [1.807, 2.05) is 0 Å². The molecule has 0 fully saturated rings. The van der Waals surface area contributed by atoms with E-state index in [0.717, 1.165) is 5.69 Å². The molecule has 2 N–H and O–H groups in total. The maximum absolute atomic E-state index is 12.9. The van der Waals surface area contributed by atoms with Crippen molar-refractivity contribution in [1.29, 1.82) is 0 Å². The molecule has 0 unspecified atom stereocenters. The SMILES string of the molecule is CCOC(=O)c1c2c(nn1CCN)CCN(C(=O)c1ccc(Cl)c(Cl)c1)C2. The summed E-state index contributed by atoms with van der Waals surface area (Å²) in [5, 5.41) is 5.21. The molecule has 2 heterocycles. The van der Waals surface area contributed by atoms with E-state index in [0.29, 0.717) is 52.9 Å². The molecule has 1 aliphatic rings. The number of nitrogens with zero attached hydrogens (tertiary/aromatic N) is 3. The molecule has 0 radical (unpaired) electrons. The summed E-state index contributed by atoms with van der Waals surface area (Å²) in [6, 6.07) is 4.78. The molecule has 1 aromatic carbocycles. The maximum atomic E-state index is 12.9. The van der Waals surface area contributed by atoms with Crippen LogP contribution in [0, 0.1) is 0 Å². The summed E-state index contributed by atoms with van der Waals surface area (Å²) < 4.78 is 6.75. The lowest BCUT2D eigenvalue weighted by Crippen LogP contribution is -2.36. The van der Waals surface area contributed by atoms with Crippen LogP contribution in [0.2, 0.25) is 10.0 Å². The van der Waals surface area contributed by atoms with Crippen molar-refractivity contribution >= 4 is 35.1 Å². The number of carbonyl (C=O) groups excluding carboxylic acids is 2. The monoisotopic (exact) mass is 410 g/mol. The van der Waals surface area contributed by atoms with Crippen LogP contribution in [-0.2, 0) is 24.2 Å². The van der Waals surface area contributed by atoms with Crippen LogP contribution in [-0.4, -0.2) is 46.3 Å². The van der Waals surface area contributed by atoms with Gasteiger partial charge < -0.3 is 15.4 Å². The molecular formula is C18H20Cl2N4O3. The van der Waals surface area contributed by atoms with Crippen LogP contribution >= 0.6 is 23.2 Å². The Morgan fingerprint density at radius 1 is 1.30 bits per heavy atom. The zero-order chi connectivity index (χ0) is 19.6. The molecule has 0 aliphatic carbocycles. The van der Waals surface area contributed by atoms with E-state index >= 15 is 0 Å². The van der Waals surface area contributed by atoms with Crippen molar-refractivity contribution in [2.24, 2.45) is 5.73 Å². The van der Waals surface area contributed by atoms with Crippen LogP contribution in [0.4, 0.5) is 0 Å². The van der Waals surface area contributed by atoms with Gasteiger partial charge in [-0.15, -0.1) is 0 Å². The van der Waals surface area contributed by atoms with Gasteiger partial charge in [0.25, 0.3) is 5.91 Å². The van der Waals surface area contributed by atoms with Crippen LogP contribution in [0.1, 0.15) is 39.0 Å². The van der Waals surface area contributed by atoms with Gasteiger partial charge in [-0.25, -0.2) is 4.79 Å². The van der Waals surface area contributed by atoms with Gasteiger partial charge in [-0.05, 0) is 25.1 Å². The van der Waals surface area contributed by atoms with Gasteiger partial charge in [0.2, 0.25) is 0 Å². The van der Waals surface area contributed by atoms with Gasteiger partial charge >= 0.3 is 5.97 Å². The molecule has 1 aliphatic heterocycles. The lowest BCUT2D eigenvalue weighted by atomic mass is 10.0. The Labute approximate surface area is 167 Å². The number of amides is 1.